The highest BCUT2D eigenvalue weighted by atomic mass is 35.7. The minimum absolute atomic E-state index is 0. The number of rotatable bonds is 0. The van der Waals surface area contributed by atoms with Crippen LogP contribution < -0.4 is 0 Å². The van der Waals surface area contributed by atoms with Crippen molar-refractivity contribution < 1.29 is 0 Å². The van der Waals surface area contributed by atoms with E-state index in [1.807, 2.05) is 6.55 Å². The quantitative estimate of drug-likeness (QED) is 0.277. The first-order valence-electron chi connectivity index (χ1n) is 1.01. The molecule has 1 atom stereocenters. The Bertz CT molecular complexity index is 14.4. The maximum absolute atomic E-state index is 5.18. The van der Waals surface area contributed by atoms with Gasteiger partial charge in [0.2, 0.25) is 7.42 Å². The van der Waals surface area contributed by atoms with E-state index < -0.39 is 7.42 Å². The van der Waals surface area contributed by atoms with Crippen LogP contribution in [-0.2, 0) is 0 Å². The zero-order valence-electron chi connectivity index (χ0n) is 3.04. The fourth-order valence-electron chi connectivity index (χ4n) is 0. The molecule has 1 unspecified atom stereocenters. The second kappa shape index (κ2) is 5.23. The van der Waals surface area contributed by atoms with Gasteiger partial charge in [-0.25, -0.2) is 0 Å². The van der Waals surface area contributed by atoms with Gasteiger partial charge in [0.05, 0.1) is 0 Å². The lowest BCUT2D eigenvalue weighted by atomic mass is 11.9. The van der Waals surface area contributed by atoms with Gasteiger partial charge < -0.3 is 0 Å². The number of halogens is 2. The minimum atomic E-state index is -1.19. The van der Waals surface area contributed by atoms with Crippen LogP contribution in [0, 0.1) is 0 Å². The van der Waals surface area contributed by atoms with Gasteiger partial charge in [0.1, 0.15) is 0 Å². The van der Waals surface area contributed by atoms with E-state index in [1.54, 1.807) is 0 Å². The van der Waals surface area contributed by atoms with Crippen molar-refractivity contribution in [2.45, 2.75) is 6.55 Å². The fraction of sp³-hybridized carbons (Fsp3) is 1.00. The van der Waals surface area contributed by atoms with Crippen LogP contribution in [0.25, 0.3) is 0 Å². The van der Waals surface area contributed by atoms with E-state index >= 15 is 0 Å². The standard InChI is InChI=1S/CH4Cl2Si.H3P/c1-4(2)3;/h4H,1H3;1H3. The largest absolute Gasteiger partial charge is 0.234 e. The smallest absolute Gasteiger partial charge is 0.153 e. The first-order chi connectivity index (χ1) is 1.73. The zero-order chi connectivity index (χ0) is 3.58. The highest BCUT2D eigenvalue weighted by Gasteiger charge is 1.80. The lowest BCUT2D eigenvalue weighted by Crippen LogP contribution is -1.72. The van der Waals surface area contributed by atoms with E-state index in [-0.39, 0.29) is 9.90 Å². The molecule has 0 aromatic rings. The summed E-state index contributed by atoms with van der Waals surface area (Å²) in [5.74, 6) is 0. The second-order valence-corrected chi connectivity index (χ2v) is 6.15. The third-order valence-corrected chi connectivity index (χ3v) is 0. The molecule has 0 fully saturated rings. The molecule has 0 nitrogen and oxygen atoms in total. The highest BCUT2D eigenvalue weighted by molar-refractivity contribution is 7.33. The number of hydrogen-bond acceptors (Lipinski definition) is 0. The summed E-state index contributed by atoms with van der Waals surface area (Å²) < 4.78 is 0. The van der Waals surface area contributed by atoms with Crippen LogP contribution in [-0.4, -0.2) is 7.42 Å². The summed E-state index contributed by atoms with van der Waals surface area (Å²) in [6.07, 6.45) is 0. The van der Waals surface area contributed by atoms with Gasteiger partial charge in [-0.2, -0.15) is 32.1 Å². The molecule has 0 saturated carbocycles. The maximum Gasteiger partial charge on any atom is 0.234 e. The predicted molar refractivity (Wildman–Crippen MR) is 35.8 cm³/mol. The molecular formula is CH7Cl2PSi. The Hall–Kier alpha value is 1.23. The first-order valence-corrected chi connectivity index (χ1v) is 5.66. The summed E-state index contributed by atoms with van der Waals surface area (Å²) in [5, 5.41) is 0. The average Bonchev–Trinajstić information content (AvgIpc) is 0.811. The summed E-state index contributed by atoms with van der Waals surface area (Å²) in [5.41, 5.74) is 0. The van der Waals surface area contributed by atoms with Gasteiger partial charge in [-0.15, -0.1) is 0 Å². The van der Waals surface area contributed by atoms with Crippen LogP contribution in [0.4, 0.5) is 0 Å². The summed E-state index contributed by atoms with van der Waals surface area (Å²) in [6.45, 7) is 1.84. The van der Waals surface area contributed by atoms with Crippen LogP contribution in [0.2, 0.25) is 6.55 Å². The normalized spacial score (nSPS) is 7.20. The Morgan fingerprint density at radius 3 is 1.40 bits per heavy atom. The van der Waals surface area contributed by atoms with Crippen molar-refractivity contribution in [2.24, 2.45) is 0 Å². The van der Waals surface area contributed by atoms with Crippen LogP contribution in [0.1, 0.15) is 0 Å². The van der Waals surface area contributed by atoms with E-state index in [2.05, 4.69) is 0 Å². The lowest BCUT2D eigenvalue weighted by molar-refractivity contribution is 2.34. The Morgan fingerprint density at radius 2 is 1.40 bits per heavy atom. The molecule has 0 N–H and O–H groups in total. The predicted octanol–water partition coefficient (Wildman–Crippen LogP) is 1.37. The third-order valence-electron chi connectivity index (χ3n) is 0. The molecule has 0 saturated heterocycles. The summed E-state index contributed by atoms with van der Waals surface area (Å²) in [4.78, 5) is 0. The highest BCUT2D eigenvalue weighted by Crippen LogP contribution is 1.89. The first kappa shape index (κ1) is 9.52. The van der Waals surface area contributed by atoms with Gasteiger partial charge in [-0.1, -0.05) is 0 Å². The molecule has 0 rings (SSSR count). The molecule has 0 aliphatic carbocycles. The third kappa shape index (κ3) is 36.2. The van der Waals surface area contributed by atoms with Crippen LogP contribution >= 0.6 is 32.1 Å². The second-order valence-electron chi connectivity index (χ2n) is 0.519. The Balaban J connectivity index is 0. The Morgan fingerprint density at radius 1 is 1.40 bits per heavy atom. The lowest BCUT2D eigenvalue weighted by Gasteiger charge is -1.68. The van der Waals surface area contributed by atoms with Crippen molar-refractivity contribution in [3.63, 3.8) is 0 Å². The molecule has 5 heavy (non-hydrogen) atoms. The van der Waals surface area contributed by atoms with Crippen LogP contribution in [0.5, 0.6) is 0 Å². The zero-order valence-corrected chi connectivity index (χ0v) is 7.12. The van der Waals surface area contributed by atoms with Gasteiger partial charge in [0.15, 0.2) is 0 Å². The topological polar surface area (TPSA) is 0 Å². The molecule has 0 aliphatic rings. The monoisotopic (exact) mass is 148 g/mol. The molecular weight excluding hydrogens is 142 g/mol. The Kier molecular flexibility index (Phi) is 9.95. The molecule has 4 heteroatoms. The van der Waals surface area contributed by atoms with Crippen molar-refractivity contribution >= 4 is 39.5 Å². The molecule has 0 radical (unpaired) electrons. The molecule has 0 bridgehead atoms. The Labute approximate surface area is 46.5 Å². The summed E-state index contributed by atoms with van der Waals surface area (Å²) in [6, 6.07) is 0. The molecule has 0 aliphatic heterocycles. The van der Waals surface area contributed by atoms with Gasteiger partial charge in [-0.05, 0) is 6.55 Å². The van der Waals surface area contributed by atoms with Gasteiger partial charge in [0, 0.05) is 0 Å². The van der Waals surface area contributed by atoms with Crippen molar-refractivity contribution in [1.82, 2.24) is 0 Å². The number of hydrogen-bond donors (Lipinski definition) is 0. The van der Waals surface area contributed by atoms with Gasteiger partial charge >= 0.3 is 0 Å². The average molecular weight is 149 g/mol. The molecule has 0 amide bonds. The van der Waals surface area contributed by atoms with E-state index in [0.717, 1.165) is 0 Å². The maximum atomic E-state index is 5.18. The van der Waals surface area contributed by atoms with Crippen molar-refractivity contribution in [1.29, 1.82) is 0 Å². The van der Waals surface area contributed by atoms with Crippen molar-refractivity contribution in [3.8, 4) is 0 Å². The minimum Gasteiger partial charge on any atom is -0.153 e. The van der Waals surface area contributed by atoms with Crippen LogP contribution in [0.15, 0.2) is 0 Å². The van der Waals surface area contributed by atoms with Crippen molar-refractivity contribution in [2.75, 3.05) is 0 Å². The van der Waals surface area contributed by atoms with E-state index in [0.29, 0.717) is 0 Å². The fourth-order valence-corrected chi connectivity index (χ4v) is 0. The SMILES string of the molecule is C[SiH](Cl)Cl.P. The van der Waals surface area contributed by atoms with E-state index in [1.165, 1.54) is 0 Å². The van der Waals surface area contributed by atoms with E-state index in [4.69, 9.17) is 22.2 Å². The van der Waals surface area contributed by atoms with Gasteiger partial charge in [0.25, 0.3) is 0 Å². The summed E-state index contributed by atoms with van der Waals surface area (Å²) >= 11 is 10.4. The molecule has 0 aromatic heterocycles. The molecule has 34 valence electrons. The van der Waals surface area contributed by atoms with Crippen LogP contribution in [0.3, 0.4) is 0 Å². The van der Waals surface area contributed by atoms with Gasteiger partial charge in [-0.3, -0.25) is 0 Å². The van der Waals surface area contributed by atoms with Crippen molar-refractivity contribution in [3.05, 3.63) is 0 Å². The molecule has 0 spiro atoms. The molecule has 0 aromatic carbocycles. The van der Waals surface area contributed by atoms with E-state index in [9.17, 15) is 0 Å². The molecule has 0 heterocycles. The summed E-state index contributed by atoms with van der Waals surface area (Å²) in [7, 11) is -1.19.